The molecular weight excluding hydrogens is 400 g/mol. The molecule has 1 saturated heterocycles. The fraction of sp³-hybridized carbons (Fsp3) is 0.409. The van der Waals surface area contributed by atoms with Gasteiger partial charge in [-0.05, 0) is 37.1 Å². The molecular formula is C22H26N4O3S. The Morgan fingerprint density at radius 1 is 1.20 bits per heavy atom. The number of thiophene rings is 1. The zero-order valence-corrected chi connectivity index (χ0v) is 18.1. The van der Waals surface area contributed by atoms with Crippen molar-refractivity contribution >= 4 is 33.1 Å². The maximum Gasteiger partial charge on any atom is 0.262 e. The van der Waals surface area contributed by atoms with Crippen LogP contribution in [-0.2, 0) is 22.6 Å². The highest BCUT2D eigenvalue weighted by Crippen LogP contribution is 2.25. The molecule has 1 aromatic carbocycles. The first-order chi connectivity index (χ1) is 14.5. The quantitative estimate of drug-likeness (QED) is 0.656. The monoisotopic (exact) mass is 426 g/mol. The van der Waals surface area contributed by atoms with Crippen LogP contribution in [0.4, 0.5) is 5.69 Å². The fourth-order valence-corrected chi connectivity index (χ4v) is 4.57. The smallest absolute Gasteiger partial charge is 0.262 e. The van der Waals surface area contributed by atoms with Crippen LogP contribution in [0.1, 0.15) is 22.4 Å². The third kappa shape index (κ3) is 4.61. The Hall–Kier alpha value is -2.55. The minimum atomic E-state index is -0.124. The first kappa shape index (κ1) is 20.7. The number of amides is 1. The number of benzene rings is 1. The second-order valence-electron chi connectivity index (χ2n) is 7.59. The van der Waals surface area contributed by atoms with E-state index in [4.69, 9.17) is 4.74 Å². The number of nitrogens with zero attached hydrogens (tertiary/aromatic N) is 3. The van der Waals surface area contributed by atoms with E-state index in [1.165, 1.54) is 27.8 Å². The lowest BCUT2D eigenvalue weighted by atomic mass is 10.2. The molecule has 3 heterocycles. The van der Waals surface area contributed by atoms with Crippen LogP contribution in [0.5, 0.6) is 0 Å². The molecule has 2 aromatic heterocycles. The van der Waals surface area contributed by atoms with Crippen molar-refractivity contribution in [2.75, 3.05) is 31.6 Å². The normalized spacial score (nSPS) is 14.9. The van der Waals surface area contributed by atoms with E-state index >= 15 is 0 Å². The van der Waals surface area contributed by atoms with Crippen LogP contribution in [-0.4, -0.2) is 46.7 Å². The van der Waals surface area contributed by atoms with E-state index in [0.29, 0.717) is 11.9 Å². The van der Waals surface area contributed by atoms with Crippen molar-refractivity contribution in [3.8, 4) is 0 Å². The predicted molar refractivity (Wildman–Crippen MR) is 119 cm³/mol. The summed E-state index contributed by atoms with van der Waals surface area (Å²) in [5.41, 5.74) is 2.86. The average Bonchev–Trinajstić information content (AvgIpc) is 3.04. The molecule has 8 heteroatoms. The highest BCUT2D eigenvalue weighted by molar-refractivity contribution is 7.18. The minimum absolute atomic E-state index is 0.0814. The summed E-state index contributed by atoms with van der Waals surface area (Å²) in [7, 11) is 0. The summed E-state index contributed by atoms with van der Waals surface area (Å²) in [4.78, 5) is 33.7. The predicted octanol–water partition coefficient (Wildman–Crippen LogP) is 2.94. The molecule has 0 unspecified atom stereocenters. The van der Waals surface area contributed by atoms with E-state index in [-0.39, 0.29) is 17.9 Å². The molecule has 1 aliphatic heterocycles. The van der Waals surface area contributed by atoms with Crippen molar-refractivity contribution in [1.82, 2.24) is 14.5 Å². The lowest BCUT2D eigenvalue weighted by molar-refractivity contribution is -0.116. The first-order valence-electron chi connectivity index (χ1n) is 10.2. The van der Waals surface area contributed by atoms with Gasteiger partial charge in [0.15, 0.2) is 0 Å². The van der Waals surface area contributed by atoms with E-state index < -0.39 is 0 Å². The molecule has 1 aliphatic rings. The van der Waals surface area contributed by atoms with Crippen molar-refractivity contribution in [1.29, 1.82) is 0 Å². The number of carbonyl (C=O) groups excluding carboxylic acids is 1. The molecule has 1 fully saturated rings. The van der Waals surface area contributed by atoms with Gasteiger partial charge < -0.3 is 10.1 Å². The van der Waals surface area contributed by atoms with Crippen molar-refractivity contribution in [3.05, 3.63) is 57.0 Å². The number of anilines is 1. The van der Waals surface area contributed by atoms with Crippen LogP contribution in [0, 0.1) is 13.8 Å². The van der Waals surface area contributed by atoms with Gasteiger partial charge in [0.1, 0.15) is 4.83 Å². The SMILES string of the molecule is Cc1sc2ncn(CCC(=O)Nc3ccc(CN4CCOCC4)cc3)c(=O)c2c1C. The van der Waals surface area contributed by atoms with E-state index in [9.17, 15) is 9.59 Å². The lowest BCUT2D eigenvalue weighted by Gasteiger charge is -2.26. The van der Waals surface area contributed by atoms with Gasteiger partial charge in [0.25, 0.3) is 5.56 Å². The molecule has 1 N–H and O–H groups in total. The topological polar surface area (TPSA) is 76.5 Å². The Bertz CT molecular complexity index is 1100. The number of aromatic nitrogens is 2. The summed E-state index contributed by atoms with van der Waals surface area (Å²) in [5.74, 6) is -0.124. The Labute approximate surface area is 179 Å². The molecule has 0 aliphatic carbocycles. The third-order valence-corrected chi connectivity index (χ3v) is 6.60. The lowest BCUT2D eigenvalue weighted by Crippen LogP contribution is -2.35. The maximum absolute atomic E-state index is 12.7. The number of hydrogen-bond acceptors (Lipinski definition) is 6. The van der Waals surface area contributed by atoms with Crippen LogP contribution in [0.25, 0.3) is 10.2 Å². The van der Waals surface area contributed by atoms with Gasteiger partial charge in [-0.1, -0.05) is 12.1 Å². The van der Waals surface area contributed by atoms with Gasteiger partial charge in [0.2, 0.25) is 5.91 Å². The van der Waals surface area contributed by atoms with Gasteiger partial charge >= 0.3 is 0 Å². The van der Waals surface area contributed by atoms with Gasteiger partial charge in [-0.25, -0.2) is 4.98 Å². The molecule has 0 bridgehead atoms. The number of rotatable bonds is 6. The first-order valence-corrected chi connectivity index (χ1v) is 11.0. The number of nitrogens with one attached hydrogen (secondary N) is 1. The molecule has 0 radical (unpaired) electrons. The van der Waals surface area contributed by atoms with Crippen molar-refractivity contribution in [2.24, 2.45) is 0 Å². The van der Waals surface area contributed by atoms with Gasteiger partial charge in [-0.3, -0.25) is 19.1 Å². The standard InChI is InChI=1S/C22H26N4O3S/c1-15-16(2)30-21-20(15)22(28)26(14-23-21)8-7-19(27)24-18-5-3-17(4-6-18)13-25-9-11-29-12-10-25/h3-6,14H,7-13H2,1-2H3,(H,24,27). The summed E-state index contributed by atoms with van der Waals surface area (Å²) in [6.07, 6.45) is 1.75. The third-order valence-electron chi connectivity index (χ3n) is 5.48. The summed E-state index contributed by atoms with van der Waals surface area (Å²) in [5, 5.41) is 3.57. The largest absolute Gasteiger partial charge is 0.379 e. The molecule has 0 spiro atoms. The second-order valence-corrected chi connectivity index (χ2v) is 8.79. The zero-order valence-electron chi connectivity index (χ0n) is 17.3. The number of hydrogen-bond donors (Lipinski definition) is 1. The Balaban J connectivity index is 1.33. The van der Waals surface area contributed by atoms with Gasteiger partial charge in [-0.2, -0.15) is 0 Å². The number of aryl methyl sites for hydroxylation is 3. The van der Waals surface area contributed by atoms with Crippen LogP contribution in [0.2, 0.25) is 0 Å². The molecule has 158 valence electrons. The summed E-state index contributed by atoms with van der Waals surface area (Å²) >= 11 is 1.53. The van der Waals surface area contributed by atoms with E-state index in [2.05, 4.69) is 15.2 Å². The molecule has 0 atom stereocenters. The zero-order chi connectivity index (χ0) is 21.1. The average molecular weight is 427 g/mol. The Kier molecular flexibility index (Phi) is 6.26. The fourth-order valence-electron chi connectivity index (χ4n) is 3.59. The van der Waals surface area contributed by atoms with E-state index in [1.807, 2.05) is 38.1 Å². The van der Waals surface area contributed by atoms with Crippen LogP contribution in [0.3, 0.4) is 0 Å². The van der Waals surface area contributed by atoms with E-state index in [1.54, 1.807) is 0 Å². The van der Waals surface area contributed by atoms with Gasteiger partial charge in [0.05, 0.1) is 24.9 Å². The number of ether oxygens (including phenoxy) is 1. The van der Waals surface area contributed by atoms with E-state index in [0.717, 1.165) is 53.8 Å². The Morgan fingerprint density at radius 2 is 1.93 bits per heavy atom. The Morgan fingerprint density at radius 3 is 2.67 bits per heavy atom. The molecule has 0 saturated carbocycles. The highest BCUT2D eigenvalue weighted by atomic mass is 32.1. The van der Waals surface area contributed by atoms with Crippen molar-refractivity contribution < 1.29 is 9.53 Å². The summed E-state index contributed by atoms with van der Waals surface area (Å²) in [6.45, 7) is 8.58. The highest BCUT2D eigenvalue weighted by Gasteiger charge is 2.13. The number of morpholine rings is 1. The molecule has 1 amide bonds. The molecule has 30 heavy (non-hydrogen) atoms. The van der Waals surface area contributed by atoms with Gasteiger partial charge in [0, 0.05) is 43.2 Å². The van der Waals surface area contributed by atoms with Crippen LogP contribution >= 0.6 is 11.3 Å². The number of carbonyl (C=O) groups is 1. The summed E-state index contributed by atoms with van der Waals surface area (Å²) < 4.78 is 6.90. The van der Waals surface area contributed by atoms with Crippen molar-refractivity contribution in [2.45, 2.75) is 33.4 Å². The van der Waals surface area contributed by atoms with Crippen LogP contribution < -0.4 is 10.9 Å². The van der Waals surface area contributed by atoms with Crippen LogP contribution in [0.15, 0.2) is 35.4 Å². The van der Waals surface area contributed by atoms with Crippen molar-refractivity contribution in [3.63, 3.8) is 0 Å². The number of fused-ring (bicyclic) bond motifs is 1. The second kappa shape index (κ2) is 9.07. The molecule has 3 aromatic rings. The maximum atomic E-state index is 12.7. The minimum Gasteiger partial charge on any atom is -0.379 e. The molecule has 4 rings (SSSR count). The van der Waals surface area contributed by atoms with Gasteiger partial charge in [-0.15, -0.1) is 11.3 Å². The summed E-state index contributed by atoms with van der Waals surface area (Å²) in [6, 6.07) is 7.92. The molecule has 7 nitrogen and oxygen atoms in total.